The van der Waals surface area contributed by atoms with Crippen LogP contribution in [0.15, 0.2) is 17.1 Å². The molecule has 1 aromatic heterocycles. The zero-order valence-electron chi connectivity index (χ0n) is 35.1. The van der Waals surface area contributed by atoms with Crippen LogP contribution in [0.5, 0.6) is 0 Å². The van der Waals surface area contributed by atoms with Crippen LogP contribution < -0.4 is 16.7 Å². The molecule has 0 spiro atoms. The van der Waals surface area contributed by atoms with Gasteiger partial charge < -0.3 is 111 Å². The van der Waals surface area contributed by atoms with Gasteiger partial charge in [0.15, 0.2) is 18.8 Å². The van der Waals surface area contributed by atoms with Gasteiger partial charge in [0, 0.05) is 31.1 Å². The molecule has 67 heavy (non-hydrogen) atoms. The van der Waals surface area contributed by atoms with Crippen molar-refractivity contribution in [2.24, 2.45) is 0 Å². The molecular formula is C34H55N4O26PS2. The predicted octanol–water partition coefficient (Wildman–Crippen LogP) is -8.59. The number of phosphoric acid groups is 1. The summed E-state index contributed by atoms with van der Waals surface area (Å²) in [4.78, 5) is 52.5. The van der Waals surface area contributed by atoms with Gasteiger partial charge >= 0.3 is 19.5 Å². The summed E-state index contributed by atoms with van der Waals surface area (Å²) in [6, 6.07) is -0.690. The molecule has 4 saturated heterocycles. The molecule has 22 atom stereocenters. The number of aromatic nitrogens is 2. The first-order valence-electron chi connectivity index (χ1n) is 20.0. The van der Waals surface area contributed by atoms with E-state index in [4.69, 9.17) is 43.2 Å². The van der Waals surface area contributed by atoms with Crippen LogP contribution in [0, 0.1) is 0 Å². The number of aliphatic hydroxyl groups is 12. The number of amides is 1. The molecule has 384 valence electrons. The molecule has 1 aromatic rings. The van der Waals surface area contributed by atoms with Crippen LogP contribution in [-0.2, 0) is 51.6 Å². The molecule has 1 unspecified atom stereocenters. The third-order valence-electron chi connectivity index (χ3n) is 11.0. The Labute approximate surface area is 386 Å². The number of nitrogens with zero attached hydrogens (tertiary/aromatic N) is 2. The largest absolute Gasteiger partial charge is 0.477 e. The summed E-state index contributed by atoms with van der Waals surface area (Å²) in [6.45, 7) is -2.18. The first-order chi connectivity index (χ1) is 31.4. The Morgan fingerprint density at radius 2 is 1.58 bits per heavy atom. The topological polar surface area (TPSA) is 481 Å². The van der Waals surface area contributed by atoms with E-state index in [2.05, 4.69) is 10.3 Å². The number of nitrogens with two attached hydrogens (primary N) is 1. The predicted molar refractivity (Wildman–Crippen MR) is 219 cm³/mol. The first-order valence-corrected chi connectivity index (χ1v) is 23.7. The lowest BCUT2D eigenvalue weighted by molar-refractivity contribution is -0.353. The second kappa shape index (κ2) is 23.3. The van der Waals surface area contributed by atoms with Gasteiger partial charge in [-0.05, 0) is 6.07 Å². The smallest absolute Gasteiger partial charge is 0.475 e. The Bertz CT molecular complexity index is 1930. The lowest BCUT2D eigenvalue weighted by atomic mass is 9.88. The maximum atomic E-state index is 13.7. The zero-order valence-corrected chi connectivity index (χ0v) is 37.7. The molecule has 33 heteroatoms. The quantitative estimate of drug-likeness (QED) is 0.0328. The molecular weight excluding hydrogens is 975 g/mol. The molecule has 4 aliphatic heterocycles. The monoisotopic (exact) mass is 1030 g/mol. The van der Waals surface area contributed by atoms with Gasteiger partial charge in [0.2, 0.25) is 5.91 Å². The van der Waals surface area contributed by atoms with Crippen LogP contribution in [0.1, 0.15) is 13.2 Å². The standard InChI is InChI=1S/C34H55N4O26PS2/c1-10(41)36-16-20(46)28(67-9-66-8-14-19(45)21(47)24(50)31(61-14)62-26-12(6-40)60-30(57-2)25(51)22(26)48)34(32(52)53,63-27(16)17(43)11(42)5-39)64-65(55,56)58-7-13-18(44)23(49)29(59-13)38-4-3-15(35)37-33(38)54/h3-4,11-14,16-31,39-40,42-51H,5-9H2,1-2H3,(H,36,41)(H,52,53)(H,55,56)(H2,35,37,54)/t11-,12-,13-,14-,16-,17-,18-,19+,20-,21+,22-,23-,24-,25-,26-,27-,28-,29-,30-,31+,34-/m1/s1. The van der Waals surface area contributed by atoms with Crippen LogP contribution in [0.25, 0.3) is 0 Å². The van der Waals surface area contributed by atoms with Gasteiger partial charge in [-0.2, -0.15) is 4.98 Å². The number of anilines is 1. The van der Waals surface area contributed by atoms with Crippen molar-refractivity contribution in [2.75, 3.05) is 43.5 Å². The number of ether oxygens (including phenoxy) is 6. The number of phosphoric ester groups is 1. The summed E-state index contributed by atoms with van der Waals surface area (Å²) in [5, 5.41) is 137. The molecule has 0 aliphatic carbocycles. The normalized spacial score (nSPS) is 41.0. The van der Waals surface area contributed by atoms with Crippen LogP contribution in [-0.4, -0.2) is 252 Å². The fraction of sp³-hybridized carbons (Fsp3) is 0.824. The molecule has 4 fully saturated rings. The summed E-state index contributed by atoms with van der Waals surface area (Å²) in [7, 11) is -4.73. The third-order valence-corrected chi connectivity index (χ3v) is 14.7. The van der Waals surface area contributed by atoms with Crippen LogP contribution in [0.3, 0.4) is 0 Å². The molecule has 0 aromatic carbocycles. The average molecular weight is 1030 g/mol. The van der Waals surface area contributed by atoms with Crippen molar-refractivity contribution in [1.82, 2.24) is 14.9 Å². The van der Waals surface area contributed by atoms with Crippen LogP contribution in [0.2, 0.25) is 0 Å². The summed E-state index contributed by atoms with van der Waals surface area (Å²) in [5.41, 5.74) is 4.47. The Morgan fingerprint density at radius 1 is 0.940 bits per heavy atom. The van der Waals surface area contributed by atoms with E-state index in [1.165, 1.54) is 0 Å². The highest BCUT2D eigenvalue weighted by atomic mass is 32.2. The van der Waals surface area contributed by atoms with Crippen molar-refractivity contribution < 1.29 is 123 Å². The van der Waals surface area contributed by atoms with Gasteiger partial charge in [0.25, 0.3) is 5.79 Å². The number of carbonyl (C=O) groups excluding carboxylic acids is 1. The molecule has 5 rings (SSSR count). The average Bonchev–Trinajstić information content (AvgIpc) is 3.56. The number of aliphatic hydroxyl groups excluding tert-OH is 12. The number of carboxylic acids is 1. The molecule has 0 radical (unpaired) electrons. The second-order valence-corrected chi connectivity index (χ2v) is 19.5. The summed E-state index contributed by atoms with van der Waals surface area (Å²) >= 11 is 1.19. The highest BCUT2D eigenvalue weighted by Gasteiger charge is 2.65. The molecule has 1 amide bonds. The van der Waals surface area contributed by atoms with E-state index in [1.807, 2.05) is 0 Å². The first kappa shape index (κ1) is 55.6. The minimum atomic E-state index is -5.88. The molecule has 0 bridgehead atoms. The van der Waals surface area contributed by atoms with E-state index in [0.717, 1.165) is 42.6 Å². The maximum absolute atomic E-state index is 13.7. The molecule has 0 saturated carbocycles. The van der Waals surface area contributed by atoms with E-state index >= 15 is 0 Å². The van der Waals surface area contributed by atoms with Crippen molar-refractivity contribution in [3.8, 4) is 0 Å². The van der Waals surface area contributed by atoms with Crippen LogP contribution >= 0.6 is 31.3 Å². The number of nitrogens with one attached hydrogen (secondary N) is 1. The van der Waals surface area contributed by atoms with E-state index < -0.39 is 178 Å². The van der Waals surface area contributed by atoms with Crippen molar-refractivity contribution in [1.29, 1.82) is 0 Å². The SMILES string of the molecule is CO[C@@H]1O[C@H](CO)[C@@H](O[C@@H]2O[C@H](CSCS[C@@H]3[C@H](O)[C@@H](NC(C)=O)[C@H]([C@H](O)[C@H](O)CO)O[C@]3(OP(=O)(O)OC[C@H]3O[C@@H](n4ccc(N)nc4=O)[C@H](O)[C@@H]3O)C(=O)O)[C@H](O)[C@H](O)[C@H]2O)[C@H](O)[C@H]1O. The molecule has 5 heterocycles. The zero-order chi connectivity index (χ0) is 49.9. The highest BCUT2D eigenvalue weighted by Crippen LogP contribution is 2.54. The Kier molecular flexibility index (Phi) is 19.3. The number of carboxylic acid groups (broad SMARTS) is 1. The van der Waals surface area contributed by atoms with Gasteiger partial charge in [-0.15, -0.1) is 23.5 Å². The van der Waals surface area contributed by atoms with Crippen molar-refractivity contribution in [2.45, 2.75) is 134 Å². The summed E-state index contributed by atoms with van der Waals surface area (Å²) in [6.07, 6.45) is -32.0. The van der Waals surface area contributed by atoms with E-state index in [1.54, 1.807) is 0 Å². The number of aliphatic carboxylic acids is 1. The van der Waals surface area contributed by atoms with Crippen molar-refractivity contribution in [3.05, 3.63) is 22.7 Å². The minimum absolute atomic E-state index is 0.193. The summed E-state index contributed by atoms with van der Waals surface area (Å²) in [5.74, 6) is -7.32. The van der Waals surface area contributed by atoms with Crippen molar-refractivity contribution in [3.63, 3.8) is 0 Å². The lowest BCUT2D eigenvalue weighted by Gasteiger charge is -2.50. The number of nitrogen functional groups attached to an aromatic ring is 1. The van der Waals surface area contributed by atoms with Crippen LogP contribution in [0.4, 0.5) is 5.82 Å². The van der Waals surface area contributed by atoms with Gasteiger partial charge in [0.1, 0.15) is 85.2 Å². The Morgan fingerprint density at radius 3 is 2.18 bits per heavy atom. The van der Waals surface area contributed by atoms with E-state index in [0.29, 0.717) is 11.8 Å². The fourth-order valence-corrected chi connectivity index (χ4v) is 11.2. The molecule has 17 N–H and O–H groups in total. The van der Waals surface area contributed by atoms with Gasteiger partial charge in [-0.25, -0.2) is 18.7 Å². The summed E-state index contributed by atoms with van der Waals surface area (Å²) < 4.78 is 57.3. The second-order valence-electron chi connectivity index (χ2n) is 15.6. The highest BCUT2D eigenvalue weighted by molar-refractivity contribution is 8.16. The van der Waals surface area contributed by atoms with Gasteiger partial charge in [0.05, 0.1) is 43.3 Å². The Hall–Kier alpha value is -2.29. The number of hydrogen-bond donors (Lipinski definition) is 16. The molecule has 4 aliphatic rings. The fourth-order valence-electron chi connectivity index (χ4n) is 7.56. The number of methoxy groups -OCH3 is 1. The number of rotatable bonds is 20. The van der Waals surface area contributed by atoms with Crippen molar-refractivity contribution >= 4 is 49.0 Å². The Balaban J connectivity index is 1.36. The third kappa shape index (κ3) is 12.3. The molecule has 30 nitrogen and oxygen atoms in total. The minimum Gasteiger partial charge on any atom is -0.477 e. The lowest BCUT2D eigenvalue weighted by Crippen LogP contribution is -2.73. The maximum Gasteiger partial charge on any atom is 0.475 e. The number of hydrogen-bond acceptors (Lipinski definition) is 28. The number of carbonyl (C=O) groups is 2. The van der Waals surface area contributed by atoms with E-state index in [9.17, 15) is 90.2 Å². The van der Waals surface area contributed by atoms with E-state index in [-0.39, 0.29) is 11.6 Å². The van der Waals surface area contributed by atoms with Gasteiger partial charge in [-0.1, -0.05) is 0 Å². The number of thioether (sulfide) groups is 2. The van der Waals surface area contributed by atoms with Gasteiger partial charge in [-0.3, -0.25) is 13.9 Å².